The molecule has 1 saturated carbocycles. The molecule has 168 valence electrons. The molecule has 2 aliphatic rings. The van der Waals surface area contributed by atoms with Crippen LogP contribution in [-0.2, 0) is 6.54 Å². The number of aromatic amines is 1. The predicted octanol–water partition coefficient (Wildman–Crippen LogP) is 3.85. The molecule has 32 heavy (non-hydrogen) atoms. The Bertz CT molecular complexity index is 1120. The van der Waals surface area contributed by atoms with Gasteiger partial charge in [0.15, 0.2) is 0 Å². The van der Waals surface area contributed by atoms with Crippen molar-refractivity contribution < 1.29 is 14.6 Å². The molecule has 5 rings (SSSR count). The van der Waals surface area contributed by atoms with Crippen LogP contribution in [0.3, 0.4) is 0 Å². The number of rotatable bonds is 7. The maximum absolute atomic E-state index is 11.3. The minimum absolute atomic E-state index is 0.0835. The van der Waals surface area contributed by atoms with Crippen molar-refractivity contribution in [3.63, 3.8) is 0 Å². The van der Waals surface area contributed by atoms with Gasteiger partial charge in [-0.05, 0) is 55.0 Å². The van der Waals surface area contributed by atoms with Crippen LogP contribution in [-0.4, -0.2) is 64.1 Å². The number of carboxylic acid groups (broad SMARTS) is 1. The van der Waals surface area contributed by atoms with Crippen molar-refractivity contribution in [3.8, 4) is 5.75 Å². The Balaban J connectivity index is 1.47. The van der Waals surface area contributed by atoms with Gasteiger partial charge in [0.05, 0.1) is 7.11 Å². The fraction of sp³-hybridized carbons (Fsp3) is 0.440. The third kappa shape index (κ3) is 4.10. The van der Waals surface area contributed by atoms with Gasteiger partial charge >= 0.3 is 5.97 Å². The van der Waals surface area contributed by atoms with Gasteiger partial charge in [-0.3, -0.25) is 9.80 Å². The zero-order valence-electron chi connectivity index (χ0n) is 18.7. The second-order valence-electron chi connectivity index (χ2n) is 9.11. The van der Waals surface area contributed by atoms with Gasteiger partial charge < -0.3 is 14.8 Å². The molecule has 0 radical (unpaired) electrons. The molecule has 1 aromatic carbocycles. The van der Waals surface area contributed by atoms with Crippen LogP contribution in [0.4, 0.5) is 0 Å². The largest absolute Gasteiger partial charge is 0.496 e. The first-order chi connectivity index (χ1) is 15.5. The zero-order chi connectivity index (χ0) is 22.2. The highest BCUT2D eigenvalue weighted by atomic mass is 16.5. The second-order valence-corrected chi connectivity index (χ2v) is 9.11. The highest BCUT2D eigenvalue weighted by molar-refractivity contribution is 5.88. The number of piperazine rings is 1. The summed E-state index contributed by atoms with van der Waals surface area (Å²) in [4.78, 5) is 23.9. The number of hydrogen-bond acceptors (Lipinski definition) is 5. The van der Waals surface area contributed by atoms with Crippen molar-refractivity contribution in [1.82, 2.24) is 19.8 Å². The van der Waals surface area contributed by atoms with E-state index in [0.29, 0.717) is 0 Å². The molecule has 7 heteroatoms. The topological polar surface area (TPSA) is 81.7 Å². The van der Waals surface area contributed by atoms with Gasteiger partial charge in [0.1, 0.15) is 11.4 Å². The Labute approximate surface area is 188 Å². The van der Waals surface area contributed by atoms with Crippen LogP contribution in [0.1, 0.15) is 46.1 Å². The van der Waals surface area contributed by atoms with Gasteiger partial charge in [0.2, 0.25) is 0 Å². The van der Waals surface area contributed by atoms with Crippen LogP contribution in [0.25, 0.3) is 10.9 Å². The molecule has 2 aromatic heterocycles. The summed E-state index contributed by atoms with van der Waals surface area (Å²) in [5.41, 5.74) is 4.65. The fourth-order valence-corrected chi connectivity index (χ4v) is 4.93. The van der Waals surface area contributed by atoms with Crippen molar-refractivity contribution in [2.75, 3.05) is 33.3 Å². The summed E-state index contributed by atoms with van der Waals surface area (Å²) in [6, 6.07) is 7.93. The van der Waals surface area contributed by atoms with Crippen LogP contribution in [0, 0.1) is 12.8 Å². The van der Waals surface area contributed by atoms with E-state index < -0.39 is 5.97 Å². The van der Waals surface area contributed by atoms with Crippen LogP contribution >= 0.6 is 0 Å². The molecule has 2 N–H and O–H groups in total. The molecule has 0 unspecified atom stereocenters. The van der Waals surface area contributed by atoms with Gasteiger partial charge in [0.25, 0.3) is 0 Å². The van der Waals surface area contributed by atoms with Crippen LogP contribution in [0.15, 0.2) is 36.7 Å². The number of aromatic nitrogens is 2. The van der Waals surface area contributed by atoms with Crippen LogP contribution in [0.2, 0.25) is 0 Å². The molecular weight excluding hydrogens is 404 g/mol. The van der Waals surface area contributed by atoms with Gasteiger partial charge in [-0.25, -0.2) is 9.78 Å². The molecule has 1 atom stereocenters. The summed E-state index contributed by atoms with van der Waals surface area (Å²) in [5.74, 6) is 0.756. The molecule has 0 amide bonds. The number of nitrogens with zero attached hydrogens (tertiary/aromatic N) is 3. The van der Waals surface area contributed by atoms with Crippen molar-refractivity contribution >= 4 is 16.9 Å². The summed E-state index contributed by atoms with van der Waals surface area (Å²) in [5, 5.41) is 10.4. The molecule has 1 aliphatic heterocycles. The summed E-state index contributed by atoms with van der Waals surface area (Å²) in [6.45, 7) is 6.93. The SMILES string of the molecule is COc1cc(C)c2[nH]ccc2c1CN1CCN(CC2CC2)C[C@H]1c1ccc(C(=O)O)nc1. The smallest absolute Gasteiger partial charge is 0.354 e. The van der Waals surface area contributed by atoms with Crippen molar-refractivity contribution in [3.05, 3.63) is 59.0 Å². The lowest BCUT2D eigenvalue weighted by Gasteiger charge is -2.42. The molecule has 1 saturated heterocycles. The van der Waals surface area contributed by atoms with E-state index in [1.165, 1.54) is 29.4 Å². The normalized spacial score (nSPS) is 20.0. The maximum atomic E-state index is 11.3. The van der Waals surface area contributed by atoms with E-state index in [1.54, 1.807) is 19.4 Å². The average Bonchev–Trinajstić information content (AvgIpc) is 3.47. The lowest BCUT2D eigenvalue weighted by molar-refractivity contribution is 0.0645. The zero-order valence-corrected chi connectivity index (χ0v) is 18.7. The molecule has 2 fully saturated rings. The lowest BCUT2D eigenvalue weighted by atomic mass is 9.99. The van der Waals surface area contributed by atoms with Gasteiger partial charge in [-0.1, -0.05) is 6.07 Å². The van der Waals surface area contributed by atoms with E-state index in [9.17, 15) is 9.90 Å². The number of ether oxygens (including phenoxy) is 1. The van der Waals surface area contributed by atoms with E-state index in [0.717, 1.165) is 55.5 Å². The number of carboxylic acids is 1. The Kier molecular flexibility index (Phi) is 5.61. The summed E-state index contributed by atoms with van der Waals surface area (Å²) >= 11 is 0. The number of methoxy groups -OCH3 is 1. The molecule has 3 aromatic rings. The molecule has 0 bridgehead atoms. The monoisotopic (exact) mass is 434 g/mol. The number of benzene rings is 1. The third-order valence-electron chi connectivity index (χ3n) is 6.87. The van der Waals surface area contributed by atoms with Gasteiger partial charge in [-0.2, -0.15) is 0 Å². The molecule has 7 nitrogen and oxygen atoms in total. The first-order valence-corrected chi connectivity index (χ1v) is 11.3. The quantitative estimate of drug-likeness (QED) is 0.588. The summed E-state index contributed by atoms with van der Waals surface area (Å²) in [7, 11) is 1.73. The van der Waals surface area contributed by atoms with Crippen LogP contribution in [0.5, 0.6) is 5.75 Å². The van der Waals surface area contributed by atoms with Crippen molar-refractivity contribution in [1.29, 1.82) is 0 Å². The number of pyridine rings is 1. The maximum Gasteiger partial charge on any atom is 0.354 e. The number of H-pyrrole nitrogens is 1. The van der Waals surface area contributed by atoms with E-state index in [-0.39, 0.29) is 11.7 Å². The van der Waals surface area contributed by atoms with Crippen molar-refractivity contribution in [2.24, 2.45) is 5.92 Å². The average molecular weight is 435 g/mol. The number of carbonyl (C=O) groups is 1. The predicted molar refractivity (Wildman–Crippen MR) is 123 cm³/mol. The van der Waals surface area contributed by atoms with Gasteiger partial charge in [0, 0.05) is 67.6 Å². The van der Waals surface area contributed by atoms with E-state index in [4.69, 9.17) is 4.74 Å². The third-order valence-corrected chi connectivity index (χ3v) is 6.87. The molecule has 3 heterocycles. The minimum atomic E-state index is -0.994. The highest BCUT2D eigenvalue weighted by Gasteiger charge is 2.33. The Hall–Kier alpha value is -2.90. The number of hydrogen-bond donors (Lipinski definition) is 2. The van der Waals surface area contributed by atoms with Crippen LogP contribution < -0.4 is 4.74 Å². The molecule has 0 spiro atoms. The van der Waals surface area contributed by atoms with E-state index in [1.807, 2.05) is 12.3 Å². The lowest BCUT2D eigenvalue weighted by Crippen LogP contribution is -2.48. The Morgan fingerprint density at radius 3 is 2.81 bits per heavy atom. The van der Waals surface area contributed by atoms with Crippen molar-refractivity contribution in [2.45, 2.75) is 32.4 Å². The van der Waals surface area contributed by atoms with E-state index in [2.05, 4.69) is 38.8 Å². The second kappa shape index (κ2) is 8.56. The standard InChI is InChI=1S/C25H30N4O3/c1-16-11-23(32-2)20(19-7-8-26-24(16)19)14-29-10-9-28(13-17-3-4-17)15-22(29)18-5-6-21(25(30)31)27-12-18/h5-8,11-12,17,22,26H,3-4,9-10,13-15H2,1-2H3,(H,30,31)/t22-/m0/s1. The highest BCUT2D eigenvalue weighted by Crippen LogP contribution is 2.36. The number of aromatic carboxylic acids is 1. The first kappa shape index (κ1) is 21.0. The summed E-state index contributed by atoms with van der Waals surface area (Å²) in [6.07, 6.45) is 6.40. The Morgan fingerprint density at radius 2 is 2.12 bits per heavy atom. The summed E-state index contributed by atoms with van der Waals surface area (Å²) < 4.78 is 5.78. The fourth-order valence-electron chi connectivity index (χ4n) is 4.93. The number of fused-ring (bicyclic) bond motifs is 1. The molecular formula is C25H30N4O3. The Morgan fingerprint density at radius 1 is 1.28 bits per heavy atom. The molecule has 1 aliphatic carbocycles. The number of nitrogens with one attached hydrogen (secondary N) is 1. The van der Waals surface area contributed by atoms with E-state index >= 15 is 0 Å². The first-order valence-electron chi connectivity index (χ1n) is 11.3. The van der Waals surface area contributed by atoms with Gasteiger partial charge in [-0.15, -0.1) is 0 Å². The minimum Gasteiger partial charge on any atom is -0.496 e. The number of aryl methyl sites for hydroxylation is 1.